The first-order valence-electron chi connectivity index (χ1n) is 6.46. The third-order valence-corrected chi connectivity index (χ3v) is 3.06. The first-order chi connectivity index (χ1) is 9.60. The zero-order chi connectivity index (χ0) is 14.5. The van der Waals surface area contributed by atoms with Crippen LogP contribution in [0, 0.1) is 12.7 Å². The molecule has 3 N–H and O–H groups in total. The minimum Gasteiger partial charge on any atom is -0.330 e. The molecule has 0 aliphatic rings. The Morgan fingerprint density at radius 3 is 2.75 bits per heavy atom. The zero-order valence-corrected chi connectivity index (χ0v) is 11.3. The summed E-state index contributed by atoms with van der Waals surface area (Å²) in [6, 6.07) is 11.6. The number of aryl methyl sites for hydroxylation is 1. The van der Waals surface area contributed by atoms with Crippen LogP contribution in [0.5, 0.6) is 0 Å². The summed E-state index contributed by atoms with van der Waals surface area (Å²) in [5.41, 5.74) is 8.40. The van der Waals surface area contributed by atoms with Gasteiger partial charge in [0.05, 0.1) is 0 Å². The molecule has 0 radical (unpaired) electrons. The normalized spacial score (nSPS) is 10.3. The van der Waals surface area contributed by atoms with Crippen LogP contribution in [0.25, 0.3) is 0 Å². The van der Waals surface area contributed by atoms with Crippen LogP contribution in [-0.2, 0) is 6.42 Å². The summed E-state index contributed by atoms with van der Waals surface area (Å²) in [6.45, 7) is 2.30. The van der Waals surface area contributed by atoms with Crippen molar-refractivity contribution in [2.24, 2.45) is 5.73 Å². The average molecular weight is 272 g/mol. The molecule has 0 saturated heterocycles. The number of carbonyl (C=O) groups excluding carboxylic acids is 1. The van der Waals surface area contributed by atoms with Crippen LogP contribution in [0.1, 0.15) is 21.5 Å². The molecule has 4 heteroatoms. The highest BCUT2D eigenvalue weighted by Gasteiger charge is 2.08. The Morgan fingerprint density at radius 1 is 1.25 bits per heavy atom. The van der Waals surface area contributed by atoms with Crippen molar-refractivity contribution in [2.75, 3.05) is 11.9 Å². The second kappa shape index (κ2) is 6.30. The molecule has 0 heterocycles. The molecule has 0 saturated carbocycles. The van der Waals surface area contributed by atoms with Gasteiger partial charge in [-0.1, -0.05) is 12.1 Å². The second-order valence-corrected chi connectivity index (χ2v) is 4.65. The van der Waals surface area contributed by atoms with Crippen LogP contribution in [-0.4, -0.2) is 12.5 Å². The van der Waals surface area contributed by atoms with E-state index in [1.807, 2.05) is 18.2 Å². The van der Waals surface area contributed by atoms with Gasteiger partial charge in [0.15, 0.2) is 0 Å². The van der Waals surface area contributed by atoms with Gasteiger partial charge >= 0.3 is 0 Å². The van der Waals surface area contributed by atoms with E-state index in [1.54, 1.807) is 19.1 Å². The van der Waals surface area contributed by atoms with E-state index in [-0.39, 0.29) is 11.7 Å². The molecule has 104 valence electrons. The molecule has 0 fully saturated rings. The van der Waals surface area contributed by atoms with Gasteiger partial charge in [-0.15, -0.1) is 0 Å². The fraction of sp³-hybridized carbons (Fsp3) is 0.188. The predicted octanol–water partition coefficient (Wildman–Crippen LogP) is 2.89. The molecule has 0 unspecified atom stereocenters. The number of anilines is 1. The number of halogens is 1. The lowest BCUT2D eigenvalue weighted by atomic mass is 10.1. The lowest BCUT2D eigenvalue weighted by Gasteiger charge is -2.09. The molecule has 2 aromatic carbocycles. The first-order valence-corrected chi connectivity index (χ1v) is 6.46. The molecular weight excluding hydrogens is 255 g/mol. The maximum atomic E-state index is 13.0. The van der Waals surface area contributed by atoms with Crippen LogP contribution in [0.3, 0.4) is 0 Å². The van der Waals surface area contributed by atoms with E-state index in [9.17, 15) is 9.18 Å². The van der Waals surface area contributed by atoms with Crippen molar-refractivity contribution < 1.29 is 9.18 Å². The lowest BCUT2D eigenvalue weighted by Crippen LogP contribution is -2.13. The Hall–Kier alpha value is -2.20. The van der Waals surface area contributed by atoms with Crippen LogP contribution in [0.4, 0.5) is 10.1 Å². The Morgan fingerprint density at radius 2 is 2.05 bits per heavy atom. The van der Waals surface area contributed by atoms with Crippen LogP contribution in [0.15, 0.2) is 42.5 Å². The van der Waals surface area contributed by atoms with Gasteiger partial charge in [0.2, 0.25) is 0 Å². The van der Waals surface area contributed by atoms with Gasteiger partial charge in [0.1, 0.15) is 5.82 Å². The van der Waals surface area contributed by atoms with Crippen molar-refractivity contribution in [3.8, 4) is 0 Å². The number of benzene rings is 2. The van der Waals surface area contributed by atoms with Gasteiger partial charge < -0.3 is 11.1 Å². The summed E-state index contributed by atoms with van der Waals surface area (Å²) < 4.78 is 13.0. The highest BCUT2D eigenvalue weighted by Crippen LogP contribution is 2.17. The van der Waals surface area contributed by atoms with Gasteiger partial charge in [-0.3, -0.25) is 4.79 Å². The molecule has 3 nitrogen and oxygen atoms in total. The molecule has 1 amide bonds. The summed E-state index contributed by atoms with van der Waals surface area (Å²) in [5, 5.41) is 2.79. The first kappa shape index (κ1) is 14.2. The molecule has 2 rings (SSSR count). The van der Waals surface area contributed by atoms with Crippen molar-refractivity contribution in [2.45, 2.75) is 13.3 Å². The molecule has 0 aromatic heterocycles. The van der Waals surface area contributed by atoms with Crippen molar-refractivity contribution >= 4 is 11.6 Å². The predicted molar refractivity (Wildman–Crippen MR) is 78.3 cm³/mol. The summed E-state index contributed by atoms with van der Waals surface area (Å²) in [7, 11) is 0. The molecule has 2 aromatic rings. The van der Waals surface area contributed by atoms with Gasteiger partial charge in [0.25, 0.3) is 5.91 Å². The molecule has 0 atom stereocenters. The second-order valence-electron chi connectivity index (χ2n) is 4.65. The monoisotopic (exact) mass is 272 g/mol. The molecule has 0 aliphatic heterocycles. The van der Waals surface area contributed by atoms with E-state index < -0.39 is 0 Å². The SMILES string of the molecule is Cc1cc(F)ccc1NC(=O)c1cccc(CCN)c1. The Kier molecular flexibility index (Phi) is 4.48. The molecule has 0 spiro atoms. The average Bonchev–Trinajstić information content (AvgIpc) is 2.42. The summed E-state index contributed by atoms with van der Waals surface area (Å²) in [4.78, 5) is 12.2. The van der Waals surface area contributed by atoms with Crippen molar-refractivity contribution in [1.82, 2.24) is 0 Å². The number of hydrogen-bond donors (Lipinski definition) is 2. The van der Waals surface area contributed by atoms with Crippen molar-refractivity contribution in [3.63, 3.8) is 0 Å². The van der Waals surface area contributed by atoms with E-state index in [0.717, 1.165) is 12.0 Å². The Balaban J connectivity index is 2.17. The quantitative estimate of drug-likeness (QED) is 0.899. The fourth-order valence-corrected chi connectivity index (χ4v) is 2.00. The molecular formula is C16H17FN2O. The van der Waals surface area contributed by atoms with E-state index in [1.165, 1.54) is 12.1 Å². The molecule has 0 bridgehead atoms. The van der Waals surface area contributed by atoms with E-state index in [4.69, 9.17) is 5.73 Å². The van der Waals surface area contributed by atoms with Crippen LogP contribution >= 0.6 is 0 Å². The van der Waals surface area contributed by atoms with Crippen molar-refractivity contribution in [1.29, 1.82) is 0 Å². The number of nitrogens with one attached hydrogen (secondary N) is 1. The topological polar surface area (TPSA) is 55.1 Å². The standard InChI is InChI=1S/C16H17FN2O/c1-11-9-14(17)5-6-15(11)19-16(20)13-4-2-3-12(10-13)7-8-18/h2-6,9-10H,7-8,18H2,1H3,(H,19,20). The summed E-state index contributed by atoms with van der Waals surface area (Å²) in [6.07, 6.45) is 0.733. The maximum Gasteiger partial charge on any atom is 0.255 e. The minimum atomic E-state index is -0.314. The highest BCUT2D eigenvalue weighted by molar-refractivity contribution is 6.04. The van der Waals surface area contributed by atoms with Gasteiger partial charge in [0, 0.05) is 11.3 Å². The fourth-order valence-electron chi connectivity index (χ4n) is 2.00. The van der Waals surface area contributed by atoms with E-state index in [2.05, 4.69) is 5.32 Å². The number of amides is 1. The Labute approximate surface area is 117 Å². The van der Waals surface area contributed by atoms with Crippen LogP contribution in [0.2, 0.25) is 0 Å². The van der Waals surface area contributed by atoms with E-state index >= 15 is 0 Å². The third-order valence-electron chi connectivity index (χ3n) is 3.06. The minimum absolute atomic E-state index is 0.210. The Bertz CT molecular complexity index is 626. The van der Waals surface area contributed by atoms with E-state index in [0.29, 0.717) is 23.4 Å². The summed E-state index contributed by atoms with van der Waals surface area (Å²) in [5.74, 6) is -0.524. The van der Waals surface area contributed by atoms with Crippen molar-refractivity contribution in [3.05, 3.63) is 65.0 Å². The van der Waals surface area contributed by atoms with Gasteiger partial charge in [-0.2, -0.15) is 0 Å². The third kappa shape index (κ3) is 3.42. The number of hydrogen-bond acceptors (Lipinski definition) is 2. The highest BCUT2D eigenvalue weighted by atomic mass is 19.1. The van der Waals surface area contributed by atoms with Gasteiger partial charge in [-0.25, -0.2) is 4.39 Å². The largest absolute Gasteiger partial charge is 0.330 e. The lowest BCUT2D eigenvalue weighted by molar-refractivity contribution is 0.102. The number of nitrogens with two attached hydrogens (primary N) is 1. The molecule has 0 aliphatic carbocycles. The molecule has 20 heavy (non-hydrogen) atoms. The zero-order valence-electron chi connectivity index (χ0n) is 11.3. The van der Waals surface area contributed by atoms with Gasteiger partial charge in [-0.05, 0) is 61.3 Å². The number of rotatable bonds is 4. The van der Waals surface area contributed by atoms with Crippen LogP contribution < -0.4 is 11.1 Å². The smallest absolute Gasteiger partial charge is 0.255 e. The summed E-state index contributed by atoms with van der Waals surface area (Å²) >= 11 is 0. The number of carbonyl (C=O) groups is 1. The maximum absolute atomic E-state index is 13.0.